The maximum Gasteiger partial charge on any atom is 0.278 e. The van der Waals surface area contributed by atoms with Gasteiger partial charge in [-0.25, -0.2) is 0 Å². The van der Waals surface area contributed by atoms with Crippen LogP contribution in [-0.4, -0.2) is 65.5 Å². The predicted molar refractivity (Wildman–Crippen MR) is 120 cm³/mol. The molecule has 3 rings (SSSR count). The summed E-state index contributed by atoms with van der Waals surface area (Å²) in [6.07, 6.45) is 4.88. The second-order valence-electron chi connectivity index (χ2n) is 9.18. The van der Waals surface area contributed by atoms with Gasteiger partial charge in [-0.3, -0.25) is 4.79 Å². The molecule has 31 heavy (non-hydrogen) atoms. The molecule has 174 valence electrons. The van der Waals surface area contributed by atoms with Gasteiger partial charge in [0, 0.05) is 6.04 Å². The van der Waals surface area contributed by atoms with Gasteiger partial charge in [0.05, 0.1) is 26.9 Å². The van der Waals surface area contributed by atoms with Gasteiger partial charge in [-0.2, -0.15) is 0 Å². The Bertz CT molecular complexity index is 734. The number of hydrogen-bond acceptors (Lipinski definition) is 4. The highest BCUT2D eigenvalue weighted by Crippen LogP contribution is 2.39. The summed E-state index contributed by atoms with van der Waals surface area (Å²) < 4.78 is 16.6. The van der Waals surface area contributed by atoms with Gasteiger partial charge < -0.3 is 29.3 Å². The lowest BCUT2D eigenvalue weighted by Crippen LogP contribution is -3.29. The number of nitrogens with one attached hydrogen (secondary N) is 3. The van der Waals surface area contributed by atoms with Crippen molar-refractivity contribution < 1.29 is 28.8 Å². The van der Waals surface area contributed by atoms with Crippen molar-refractivity contribution >= 4 is 5.91 Å². The summed E-state index contributed by atoms with van der Waals surface area (Å²) in [6, 6.07) is 4.36. The first-order valence-electron chi connectivity index (χ1n) is 11.7. The molecule has 1 aliphatic heterocycles. The van der Waals surface area contributed by atoms with E-state index in [9.17, 15) is 4.79 Å². The third kappa shape index (κ3) is 5.63. The summed E-state index contributed by atoms with van der Waals surface area (Å²) in [6.45, 7) is 9.29. The van der Waals surface area contributed by atoms with Crippen LogP contribution in [0.25, 0.3) is 0 Å². The molecule has 1 aromatic carbocycles. The van der Waals surface area contributed by atoms with Gasteiger partial charge in [-0.1, -0.05) is 19.8 Å². The number of carbonyl (C=O) groups is 1. The van der Waals surface area contributed by atoms with Crippen LogP contribution in [0.5, 0.6) is 17.2 Å². The molecule has 3 atom stereocenters. The second kappa shape index (κ2) is 11.0. The summed E-state index contributed by atoms with van der Waals surface area (Å²) in [7, 11) is 4.95. The van der Waals surface area contributed by atoms with E-state index in [0.717, 1.165) is 50.5 Å². The topological polar surface area (TPSA) is 65.7 Å². The van der Waals surface area contributed by atoms with Crippen molar-refractivity contribution in [2.75, 3.05) is 47.5 Å². The highest BCUT2D eigenvalue weighted by atomic mass is 16.5. The number of hydrogen-bond donors (Lipinski definition) is 3. The lowest BCUT2D eigenvalue weighted by atomic mass is 9.86. The molecule has 7 heteroatoms. The molecule has 0 radical (unpaired) electrons. The van der Waals surface area contributed by atoms with Crippen molar-refractivity contribution in [3.8, 4) is 17.2 Å². The minimum absolute atomic E-state index is 0.00583. The summed E-state index contributed by atoms with van der Waals surface area (Å²) in [4.78, 5) is 15.8. The molecule has 0 aromatic heterocycles. The van der Waals surface area contributed by atoms with Crippen LogP contribution in [0, 0.1) is 5.92 Å². The summed E-state index contributed by atoms with van der Waals surface area (Å²) in [5.41, 5.74) is 1.12. The van der Waals surface area contributed by atoms with Crippen LogP contribution >= 0.6 is 0 Å². The zero-order chi connectivity index (χ0) is 22.4. The predicted octanol–water partition coefficient (Wildman–Crippen LogP) is 0.0792. The Morgan fingerprint density at radius 2 is 1.71 bits per heavy atom. The lowest BCUT2D eigenvalue weighted by molar-refractivity contribution is -1.02. The number of benzene rings is 1. The molecular formula is C24H41N3O4+2. The molecule has 0 bridgehead atoms. The minimum Gasteiger partial charge on any atom is -0.493 e. The largest absolute Gasteiger partial charge is 0.493 e. The van der Waals surface area contributed by atoms with Crippen molar-refractivity contribution in [3.05, 3.63) is 17.7 Å². The zero-order valence-electron chi connectivity index (χ0n) is 19.9. The van der Waals surface area contributed by atoms with Crippen molar-refractivity contribution in [2.24, 2.45) is 5.92 Å². The van der Waals surface area contributed by atoms with E-state index in [4.69, 9.17) is 14.2 Å². The lowest BCUT2D eigenvalue weighted by Gasteiger charge is -2.35. The summed E-state index contributed by atoms with van der Waals surface area (Å²) in [5.74, 6) is 2.89. The molecule has 0 spiro atoms. The Balaban J connectivity index is 1.54. The van der Waals surface area contributed by atoms with Crippen LogP contribution in [0.1, 0.15) is 45.1 Å². The van der Waals surface area contributed by atoms with Crippen molar-refractivity contribution in [2.45, 2.75) is 58.2 Å². The van der Waals surface area contributed by atoms with Gasteiger partial charge in [0.25, 0.3) is 5.91 Å². The maximum atomic E-state index is 12.9. The van der Waals surface area contributed by atoms with E-state index in [1.165, 1.54) is 29.1 Å². The third-order valence-electron chi connectivity index (χ3n) is 7.27. The number of rotatable bonds is 8. The van der Waals surface area contributed by atoms with Gasteiger partial charge in [0.15, 0.2) is 17.5 Å². The standard InChI is InChI=1S/C24H39N3O4/c1-17-8-6-7-9-20(17)25-24(28)18(2)27-14-12-26(13-15-27)16-19-10-11-21(29-3)23(31-5)22(19)30-4/h10-11,17-18,20H,6-9,12-16H2,1-5H3,(H,25,28)/p+2/t17-,18-,20-/m1/s1. The fourth-order valence-electron chi connectivity index (χ4n) is 5.13. The van der Waals surface area contributed by atoms with E-state index in [1.54, 1.807) is 21.3 Å². The van der Waals surface area contributed by atoms with Crippen molar-refractivity contribution in [1.82, 2.24) is 5.32 Å². The normalized spacial score (nSPS) is 27.3. The van der Waals surface area contributed by atoms with E-state index >= 15 is 0 Å². The smallest absolute Gasteiger partial charge is 0.278 e. The first kappa shape index (κ1) is 23.7. The van der Waals surface area contributed by atoms with E-state index in [1.807, 2.05) is 6.07 Å². The zero-order valence-corrected chi connectivity index (χ0v) is 19.9. The average Bonchev–Trinajstić information content (AvgIpc) is 2.80. The van der Waals surface area contributed by atoms with Crippen LogP contribution in [0.2, 0.25) is 0 Å². The highest BCUT2D eigenvalue weighted by Gasteiger charge is 2.33. The third-order valence-corrected chi connectivity index (χ3v) is 7.27. The molecule has 1 heterocycles. The molecule has 2 fully saturated rings. The second-order valence-corrected chi connectivity index (χ2v) is 9.18. The molecule has 1 saturated carbocycles. The van der Waals surface area contributed by atoms with E-state index in [-0.39, 0.29) is 11.9 Å². The van der Waals surface area contributed by atoms with Gasteiger partial charge >= 0.3 is 0 Å². The molecule has 0 unspecified atom stereocenters. The molecule has 1 saturated heterocycles. The van der Waals surface area contributed by atoms with Crippen molar-refractivity contribution in [3.63, 3.8) is 0 Å². The summed E-state index contributed by atoms with van der Waals surface area (Å²) in [5, 5.41) is 3.35. The SMILES string of the molecule is COc1ccc(C[NH+]2CC[NH+]([C@H](C)C(=O)N[C@@H]3CCCC[C@H]3C)CC2)c(OC)c1OC. The molecule has 7 nitrogen and oxygen atoms in total. The quantitative estimate of drug-likeness (QED) is 0.541. The van der Waals surface area contributed by atoms with Gasteiger partial charge in [-0.15, -0.1) is 0 Å². The molecule has 1 amide bonds. The van der Waals surface area contributed by atoms with Crippen LogP contribution in [0.4, 0.5) is 0 Å². The van der Waals surface area contributed by atoms with Gasteiger partial charge in [0.2, 0.25) is 5.75 Å². The van der Waals surface area contributed by atoms with E-state index in [0.29, 0.717) is 23.5 Å². The fraction of sp³-hybridized carbons (Fsp3) is 0.708. The highest BCUT2D eigenvalue weighted by molar-refractivity contribution is 5.80. The molecule has 1 aromatic rings. The monoisotopic (exact) mass is 435 g/mol. The van der Waals surface area contributed by atoms with Gasteiger partial charge in [0.1, 0.15) is 32.7 Å². The first-order chi connectivity index (χ1) is 15.0. The Hall–Kier alpha value is -1.99. The average molecular weight is 436 g/mol. The Morgan fingerprint density at radius 3 is 2.32 bits per heavy atom. The van der Waals surface area contributed by atoms with Crippen LogP contribution in [0.3, 0.4) is 0 Å². The van der Waals surface area contributed by atoms with E-state index in [2.05, 4.69) is 25.2 Å². The fourth-order valence-corrected chi connectivity index (χ4v) is 5.13. The number of methoxy groups -OCH3 is 3. The number of carbonyl (C=O) groups excluding carboxylic acids is 1. The minimum atomic E-state index is 0.00583. The number of ether oxygens (including phenoxy) is 3. The van der Waals surface area contributed by atoms with E-state index < -0.39 is 0 Å². The number of piperazine rings is 1. The molecule has 2 aliphatic rings. The number of quaternary nitrogens is 2. The first-order valence-corrected chi connectivity index (χ1v) is 11.7. The van der Waals surface area contributed by atoms with Crippen LogP contribution < -0.4 is 29.3 Å². The molecular weight excluding hydrogens is 394 g/mol. The van der Waals surface area contributed by atoms with Crippen LogP contribution in [0.15, 0.2) is 12.1 Å². The Labute approximate surface area is 187 Å². The maximum absolute atomic E-state index is 12.9. The summed E-state index contributed by atoms with van der Waals surface area (Å²) >= 11 is 0. The van der Waals surface area contributed by atoms with Crippen molar-refractivity contribution in [1.29, 1.82) is 0 Å². The molecule has 1 aliphatic carbocycles. The Morgan fingerprint density at radius 1 is 1.03 bits per heavy atom. The number of amides is 1. The van der Waals surface area contributed by atoms with Crippen LogP contribution in [-0.2, 0) is 11.3 Å². The Kier molecular flexibility index (Phi) is 8.43. The van der Waals surface area contributed by atoms with Gasteiger partial charge in [-0.05, 0) is 37.8 Å². The molecule has 3 N–H and O–H groups in total.